The fourth-order valence-corrected chi connectivity index (χ4v) is 2.18. The zero-order valence-electron chi connectivity index (χ0n) is 10.8. The molecule has 19 heavy (non-hydrogen) atoms. The smallest absolute Gasteiger partial charge is 0.0931 e. The molecule has 0 bridgehead atoms. The highest BCUT2D eigenvalue weighted by atomic mass is 15.1. The lowest BCUT2D eigenvalue weighted by atomic mass is 10.2. The maximum absolute atomic E-state index is 5.70. The summed E-state index contributed by atoms with van der Waals surface area (Å²) in [5.74, 6) is 0. The predicted molar refractivity (Wildman–Crippen MR) is 79.1 cm³/mol. The molecule has 0 unspecified atom stereocenters. The summed E-state index contributed by atoms with van der Waals surface area (Å²) in [6, 6.07) is 14.2. The molecule has 0 fully saturated rings. The third-order valence-electron chi connectivity index (χ3n) is 3.24. The Balaban J connectivity index is 1.81. The zero-order chi connectivity index (χ0) is 13.2. The fourth-order valence-electron chi connectivity index (χ4n) is 2.18. The van der Waals surface area contributed by atoms with E-state index in [-0.39, 0.29) is 0 Å². The Labute approximate surface area is 111 Å². The number of nitrogen functional groups attached to an aromatic ring is 1. The molecule has 2 aromatic carbocycles. The average molecular weight is 252 g/mol. The van der Waals surface area contributed by atoms with Crippen LogP contribution >= 0.6 is 0 Å². The Morgan fingerprint density at radius 3 is 2.74 bits per heavy atom. The van der Waals surface area contributed by atoms with Gasteiger partial charge in [0.05, 0.1) is 17.4 Å². The summed E-state index contributed by atoms with van der Waals surface area (Å²) in [4.78, 5) is 9.55. The number of aromatic amines is 1. The first-order chi connectivity index (χ1) is 9.22. The van der Waals surface area contributed by atoms with Gasteiger partial charge in [0.1, 0.15) is 0 Å². The minimum Gasteiger partial charge on any atom is -0.399 e. The third-order valence-corrected chi connectivity index (χ3v) is 3.24. The van der Waals surface area contributed by atoms with Crippen LogP contribution in [-0.2, 0) is 6.54 Å². The number of nitrogens with two attached hydrogens (primary N) is 1. The Morgan fingerprint density at radius 2 is 1.95 bits per heavy atom. The van der Waals surface area contributed by atoms with Crippen molar-refractivity contribution in [2.45, 2.75) is 6.54 Å². The van der Waals surface area contributed by atoms with Crippen molar-refractivity contribution in [3.8, 4) is 0 Å². The van der Waals surface area contributed by atoms with Crippen LogP contribution in [0.2, 0.25) is 0 Å². The first kappa shape index (κ1) is 11.6. The Bertz CT molecular complexity index is 685. The fraction of sp³-hybridized carbons (Fsp3) is 0.133. The lowest BCUT2D eigenvalue weighted by Gasteiger charge is -2.19. The molecule has 0 spiro atoms. The van der Waals surface area contributed by atoms with Crippen molar-refractivity contribution >= 4 is 22.4 Å². The van der Waals surface area contributed by atoms with Crippen molar-refractivity contribution in [2.24, 2.45) is 0 Å². The van der Waals surface area contributed by atoms with Crippen molar-refractivity contribution in [1.82, 2.24) is 9.97 Å². The average Bonchev–Trinajstić information content (AvgIpc) is 2.87. The number of nitrogens with one attached hydrogen (secondary N) is 1. The first-order valence-electron chi connectivity index (χ1n) is 6.21. The Kier molecular flexibility index (Phi) is 2.83. The SMILES string of the molecule is CN(Cc1ccc2nc[nH]c2c1)c1ccc(N)cc1. The van der Waals surface area contributed by atoms with Crippen LogP contribution in [0.3, 0.4) is 0 Å². The van der Waals surface area contributed by atoms with Crippen LogP contribution in [0.15, 0.2) is 48.8 Å². The van der Waals surface area contributed by atoms with Crippen LogP contribution in [-0.4, -0.2) is 17.0 Å². The molecule has 1 heterocycles. The normalized spacial score (nSPS) is 10.8. The number of nitrogens with zero attached hydrogens (tertiary/aromatic N) is 2. The second kappa shape index (κ2) is 4.65. The first-order valence-corrected chi connectivity index (χ1v) is 6.21. The number of fused-ring (bicyclic) bond motifs is 1. The van der Waals surface area contributed by atoms with E-state index >= 15 is 0 Å². The second-order valence-electron chi connectivity index (χ2n) is 4.70. The lowest BCUT2D eigenvalue weighted by molar-refractivity contribution is 0.925. The van der Waals surface area contributed by atoms with E-state index in [1.54, 1.807) is 6.33 Å². The van der Waals surface area contributed by atoms with Gasteiger partial charge in [-0.05, 0) is 42.0 Å². The molecule has 0 aliphatic rings. The van der Waals surface area contributed by atoms with Gasteiger partial charge in [0.25, 0.3) is 0 Å². The molecule has 0 aliphatic heterocycles. The molecule has 4 nitrogen and oxygen atoms in total. The number of aromatic nitrogens is 2. The van der Waals surface area contributed by atoms with Crippen molar-refractivity contribution in [3.05, 3.63) is 54.4 Å². The lowest BCUT2D eigenvalue weighted by Crippen LogP contribution is -2.16. The van der Waals surface area contributed by atoms with E-state index in [2.05, 4.69) is 34.0 Å². The Morgan fingerprint density at radius 1 is 1.16 bits per heavy atom. The minimum atomic E-state index is 0.788. The topological polar surface area (TPSA) is 57.9 Å². The monoisotopic (exact) mass is 252 g/mol. The predicted octanol–water partition coefficient (Wildman–Crippen LogP) is 2.78. The summed E-state index contributed by atoms with van der Waals surface area (Å²) in [5.41, 5.74) is 11.0. The summed E-state index contributed by atoms with van der Waals surface area (Å²) >= 11 is 0. The van der Waals surface area contributed by atoms with E-state index in [9.17, 15) is 0 Å². The largest absolute Gasteiger partial charge is 0.399 e. The van der Waals surface area contributed by atoms with Crippen LogP contribution in [0, 0.1) is 0 Å². The van der Waals surface area contributed by atoms with E-state index in [0.29, 0.717) is 0 Å². The minimum absolute atomic E-state index is 0.788. The van der Waals surface area contributed by atoms with Crippen LogP contribution in [0.5, 0.6) is 0 Å². The highest BCUT2D eigenvalue weighted by Crippen LogP contribution is 2.19. The van der Waals surface area contributed by atoms with Crippen molar-refractivity contribution in [3.63, 3.8) is 0 Å². The summed E-state index contributed by atoms with van der Waals surface area (Å²) in [7, 11) is 2.07. The molecule has 0 amide bonds. The van der Waals surface area contributed by atoms with Gasteiger partial charge in [-0.25, -0.2) is 4.98 Å². The molecule has 96 valence electrons. The number of rotatable bonds is 3. The van der Waals surface area contributed by atoms with Crippen LogP contribution in [0.25, 0.3) is 11.0 Å². The molecule has 0 atom stereocenters. The Hall–Kier alpha value is -2.49. The van der Waals surface area contributed by atoms with Crippen LogP contribution in [0.1, 0.15) is 5.56 Å². The summed E-state index contributed by atoms with van der Waals surface area (Å²) in [6.07, 6.45) is 1.72. The number of anilines is 2. The molecule has 3 N–H and O–H groups in total. The molecule has 3 aromatic rings. The summed E-state index contributed by atoms with van der Waals surface area (Å²) < 4.78 is 0. The molecular weight excluding hydrogens is 236 g/mol. The van der Waals surface area contributed by atoms with E-state index in [0.717, 1.165) is 29.0 Å². The van der Waals surface area contributed by atoms with Gasteiger partial charge in [-0.15, -0.1) is 0 Å². The van der Waals surface area contributed by atoms with Crippen molar-refractivity contribution in [2.75, 3.05) is 17.7 Å². The van der Waals surface area contributed by atoms with Gasteiger partial charge in [-0.3, -0.25) is 0 Å². The van der Waals surface area contributed by atoms with Gasteiger partial charge in [-0.2, -0.15) is 0 Å². The van der Waals surface area contributed by atoms with Gasteiger partial charge >= 0.3 is 0 Å². The molecule has 0 saturated carbocycles. The highest BCUT2D eigenvalue weighted by molar-refractivity contribution is 5.75. The summed E-state index contributed by atoms with van der Waals surface area (Å²) in [6.45, 7) is 0.846. The standard InChI is InChI=1S/C15H16N4/c1-19(13-5-3-12(16)4-6-13)9-11-2-7-14-15(8-11)18-10-17-14/h2-8,10H,9,16H2,1H3,(H,17,18). The molecular formula is C15H16N4. The maximum atomic E-state index is 5.70. The third kappa shape index (κ3) is 2.38. The van der Waals surface area contributed by atoms with E-state index in [1.807, 2.05) is 30.3 Å². The number of hydrogen-bond acceptors (Lipinski definition) is 3. The molecule has 0 saturated heterocycles. The number of hydrogen-bond donors (Lipinski definition) is 2. The van der Waals surface area contributed by atoms with Crippen LogP contribution in [0.4, 0.5) is 11.4 Å². The molecule has 1 aromatic heterocycles. The van der Waals surface area contributed by atoms with E-state index in [4.69, 9.17) is 5.73 Å². The quantitative estimate of drug-likeness (QED) is 0.705. The highest BCUT2D eigenvalue weighted by Gasteiger charge is 2.03. The number of imidazole rings is 1. The van der Waals surface area contributed by atoms with Crippen molar-refractivity contribution in [1.29, 1.82) is 0 Å². The molecule has 0 radical (unpaired) electrons. The number of H-pyrrole nitrogens is 1. The molecule has 0 aliphatic carbocycles. The van der Waals surface area contributed by atoms with Gasteiger partial charge in [0.15, 0.2) is 0 Å². The van der Waals surface area contributed by atoms with Gasteiger partial charge in [-0.1, -0.05) is 6.07 Å². The molecule has 3 rings (SSSR count). The van der Waals surface area contributed by atoms with Gasteiger partial charge in [0.2, 0.25) is 0 Å². The van der Waals surface area contributed by atoms with Crippen LogP contribution < -0.4 is 10.6 Å². The molecule has 4 heteroatoms. The van der Waals surface area contributed by atoms with Gasteiger partial charge in [0, 0.05) is 25.0 Å². The van der Waals surface area contributed by atoms with Crippen molar-refractivity contribution < 1.29 is 0 Å². The zero-order valence-corrected chi connectivity index (χ0v) is 10.8. The number of benzene rings is 2. The maximum Gasteiger partial charge on any atom is 0.0931 e. The van der Waals surface area contributed by atoms with E-state index < -0.39 is 0 Å². The second-order valence-corrected chi connectivity index (χ2v) is 4.70. The van der Waals surface area contributed by atoms with Gasteiger partial charge < -0.3 is 15.6 Å². The van der Waals surface area contributed by atoms with E-state index in [1.165, 1.54) is 5.56 Å². The summed E-state index contributed by atoms with van der Waals surface area (Å²) in [5, 5.41) is 0.